The Kier molecular flexibility index (Phi) is 4.87. The molecule has 1 aromatic heterocycles. The summed E-state index contributed by atoms with van der Waals surface area (Å²) in [4.78, 5) is 6.88. The van der Waals surface area contributed by atoms with Crippen molar-refractivity contribution >= 4 is 5.96 Å². The van der Waals surface area contributed by atoms with Crippen LogP contribution in [0.25, 0.3) is 0 Å². The normalized spacial score (nSPS) is 24.4. The number of morpholine rings is 1. The maximum Gasteiger partial charge on any atom is 0.194 e. The lowest BCUT2D eigenvalue weighted by molar-refractivity contribution is -0.0249. The van der Waals surface area contributed by atoms with Crippen LogP contribution < -0.4 is 5.32 Å². The topological polar surface area (TPSA) is 74.9 Å². The molecule has 7 nitrogen and oxygen atoms in total. The van der Waals surface area contributed by atoms with Crippen LogP contribution >= 0.6 is 0 Å². The number of hydrogen-bond donors (Lipinski definition) is 2. The van der Waals surface area contributed by atoms with Gasteiger partial charge >= 0.3 is 0 Å². The summed E-state index contributed by atoms with van der Waals surface area (Å²) in [7, 11) is 1.91. The smallest absolute Gasteiger partial charge is 0.194 e. The van der Waals surface area contributed by atoms with Gasteiger partial charge in [-0.15, -0.1) is 0 Å². The van der Waals surface area contributed by atoms with Crippen LogP contribution in [0, 0.1) is 0 Å². The number of hydrogen-bond acceptors (Lipinski definition) is 4. The Morgan fingerprint density at radius 3 is 3.00 bits per heavy atom. The molecule has 1 aliphatic carbocycles. The Morgan fingerprint density at radius 1 is 1.57 bits per heavy atom. The van der Waals surface area contributed by atoms with Gasteiger partial charge < -0.3 is 20.1 Å². The van der Waals surface area contributed by atoms with Crippen LogP contribution in [0.1, 0.15) is 37.9 Å². The molecule has 23 heavy (non-hydrogen) atoms. The molecule has 1 saturated carbocycles. The maximum absolute atomic E-state index is 10.3. The fourth-order valence-corrected chi connectivity index (χ4v) is 3.04. The van der Waals surface area contributed by atoms with Crippen molar-refractivity contribution in [3.63, 3.8) is 0 Å². The first kappa shape index (κ1) is 16.3. The van der Waals surface area contributed by atoms with Gasteiger partial charge in [0.05, 0.1) is 31.5 Å². The molecule has 1 unspecified atom stereocenters. The lowest BCUT2D eigenvalue weighted by atomic mass is 9.80. The molecule has 1 saturated heterocycles. The van der Waals surface area contributed by atoms with Gasteiger partial charge in [-0.1, -0.05) is 0 Å². The third kappa shape index (κ3) is 3.84. The molecule has 7 heteroatoms. The molecule has 2 fully saturated rings. The van der Waals surface area contributed by atoms with Gasteiger partial charge in [0.1, 0.15) is 6.10 Å². The lowest BCUT2D eigenvalue weighted by Gasteiger charge is -2.37. The Hall–Kier alpha value is -1.60. The minimum Gasteiger partial charge on any atom is -0.388 e. The number of rotatable bonds is 4. The second-order valence-corrected chi connectivity index (χ2v) is 6.50. The SMILES string of the molecule is CCNC(=NCC1(O)CCC1)N1CCOC(c2cnn(C)c2)C1. The third-order valence-corrected chi connectivity index (χ3v) is 4.60. The number of aliphatic imine (C=N–C) groups is 1. The molecule has 0 radical (unpaired) electrons. The Bertz CT molecular complexity index is 552. The number of aryl methyl sites for hydroxylation is 1. The fourth-order valence-electron chi connectivity index (χ4n) is 3.04. The van der Waals surface area contributed by atoms with Crippen molar-refractivity contribution < 1.29 is 9.84 Å². The van der Waals surface area contributed by atoms with Gasteiger partial charge in [0.25, 0.3) is 0 Å². The minimum absolute atomic E-state index is 0.00750. The number of nitrogens with one attached hydrogen (secondary N) is 1. The highest BCUT2D eigenvalue weighted by Crippen LogP contribution is 2.31. The zero-order chi connectivity index (χ0) is 16.3. The molecule has 0 spiro atoms. The van der Waals surface area contributed by atoms with E-state index in [4.69, 9.17) is 4.74 Å². The van der Waals surface area contributed by atoms with E-state index in [1.165, 1.54) is 0 Å². The van der Waals surface area contributed by atoms with Gasteiger partial charge in [0.2, 0.25) is 0 Å². The summed E-state index contributed by atoms with van der Waals surface area (Å²) in [5.74, 6) is 0.866. The van der Waals surface area contributed by atoms with Gasteiger partial charge in [-0.25, -0.2) is 0 Å². The molecular weight excluding hydrogens is 294 g/mol. The van der Waals surface area contributed by atoms with Crippen molar-refractivity contribution in [3.05, 3.63) is 18.0 Å². The molecule has 3 rings (SSSR count). The summed E-state index contributed by atoms with van der Waals surface area (Å²) in [6, 6.07) is 0. The predicted octanol–water partition coefficient (Wildman–Crippen LogP) is 0.674. The van der Waals surface area contributed by atoms with E-state index in [0.717, 1.165) is 50.4 Å². The van der Waals surface area contributed by atoms with Crippen molar-refractivity contribution in [3.8, 4) is 0 Å². The second-order valence-electron chi connectivity index (χ2n) is 6.50. The van der Waals surface area contributed by atoms with Crippen LogP contribution in [0.3, 0.4) is 0 Å². The summed E-state index contributed by atoms with van der Waals surface area (Å²) in [5, 5.41) is 17.8. The lowest BCUT2D eigenvalue weighted by Crippen LogP contribution is -2.49. The van der Waals surface area contributed by atoms with Gasteiger partial charge in [-0.3, -0.25) is 9.67 Å². The Labute approximate surface area is 137 Å². The highest BCUT2D eigenvalue weighted by Gasteiger charge is 2.34. The third-order valence-electron chi connectivity index (χ3n) is 4.60. The number of aromatic nitrogens is 2. The van der Waals surface area contributed by atoms with Crippen molar-refractivity contribution in [2.24, 2.45) is 12.0 Å². The maximum atomic E-state index is 10.3. The first-order valence-electron chi connectivity index (χ1n) is 8.45. The quantitative estimate of drug-likeness (QED) is 0.630. The van der Waals surface area contributed by atoms with Crippen LogP contribution in [0.5, 0.6) is 0 Å². The molecular formula is C16H27N5O2. The Balaban J connectivity index is 1.67. The molecule has 0 amide bonds. The zero-order valence-electron chi connectivity index (χ0n) is 14.0. The monoisotopic (exact) mass is 321 g/mol. The van der Waals surface area contributed by atoms with Crippen LogP contribution in [-0.4, -0.2) is 64.1 Å². The number of aliphatic hydroxyl groups is 1. The summed E-state index contributed by atoms with van der Waals surface area (Å²) in [6.45, 7) is 5.56. The summed E-state index contributed by atoms with van der Waals surface area (Å²) in [6.07, 6.45) is 6.68. The average molecular weight is 321 g/mol. The summed E-state index contributed by atoms with van der Waals surface area (Å²) in [5.41, 5.74) is 0.501. The molecule has 2 N–H and O–H groups in total. The van der Waals surface area contributed by atoms with E-state index >= 15 is 0 Å². The largest absolute Gasteiger partial charge is 0.388 e. The molecule has 0 aromatic carbocycles. The summed E-state index contributed by atoms with van der Waals surface area (Å²) >= 11 is 0. The summed E-state index contributed by atoms with van der Waals surface area (Å²) < 4.78 is 7.68. The number of guanidine groups is 1. The Morgan fingerprint density at radius 2 is 2.39 bits per heavy atom. The van der Waals surface area contributed by atoms with Crippen molar-refractivity contribution in [2.75, 3.05) is 32.8 Å². The molecule has 2 heterocycles. The predicted molar refractivity (Wildman–Crippen MR) is 88.3 cm³/mol. The molecule has 1 aromatic rings. The van der Waals surface area contributed by atoms with Gasteiger partial charge in [-0.05, 0) is 26.2 Å². The van der Waals surface area contributed by atoms with E-state index in [1.807, 2.05) is 19.4 Å². The zero-order valence-corrected chi connectivity index (χ0v) is 14.0. The number of nitrogens with zero attached hydrogens (tertiary/aromatic N) is 4. The van der Waals surface area contributed by atoms with Crippen LogP contribution in [0.15, 0.2) is 17.4 Å². The first-order valence-corrected chi connectivity index (χ1v) is 8.45. The van der Waals surface area contributed by atoms with E-state index in [-0.39, 0.29) is 6.10 Å². The van der Waals surface area contributed by atoms with E-state index in [9.17, 15) is 5.11 Å². The van der Waals surface area contributed by atoms with Crippen molar-refractivity contribution in [1.82, 2.24) is 20.0 Å². The molecule has 0 bridgehead atoms. The van der Waals surface area contributed by atoms with E-state index in [2.05, 4.69) is 27.2 Å². The molecule has 1 aliphatic heterocycles. The van der Waals surface area contributed by atoms with Crippen LogP contribution in [0.4, 0.5) is 0 Å². The van der Waals surface area contributed by atoms with Crippen molar-refractivity contribution in [2.45, 2.75) is 37.9 Å². The van der Waals surface area contributed by atoms with E-state index in [0.29, 0.717) is 13.2 Å². The molecule has 2 aliphatic rings. The van der Waals surface area contributed by atoms with Gasteiger partial charge in [0.15, 0.2) is 5.96 Å². The number of ether oxygens (including phenoxy) is 1. The van der Waals surface area contributed by atoms with E-state index in [1.54, 1.807) is 4.68 Å². The van der Waals surface area contributed by atoms with Crippen LogP contribution in [-0.2, 0) is 11.8 Å². The molecule has 1 atom stereocenters. The minimum atomic E-state index is -0.588. The van der Waals surface area contributed by atoms with Crippen molar-refractivity contribution in [1.29, 1.82) is 0 Å². The van der Waals surface area contributed by atoms with Gasteiger partial charge in [-0.2, -0.15) is 5.10 Å². The second kappa shape index (κ2) is 6.88. The average Bonchev–Trinajstić information content (AvgIpc) is 2.96. The standard InChI is InChI=1S/C16H27N5O2/c1-3-17-15(18-12-16(22)5-4-6-16)21-7-8-23-14(11-21)13-9-19-20(2)10-13/h9-10,14,22H,3-8,11-12H2,1-2H3,(H,17,18). The molecule has 128 valence electrons. The van der Waals surface area contributed by atoms with Crippen LogP contribution in [0.2, 0.25) is 0 Å². The highest BCUT2D eigenvalue weighted by molar-refractivity contribution is 5.80. The van der Waals surface area contributed by atoms with E-state index < -0.39 is 5.60 Å². The van der Waals surface area contributed by atoms with Gasteiger partial charge in [0, 0.05) is 31.9 Å². The fraction of sp³-hybridized carbons (Fsp3) is 0.750. The highest BCUT2D eigenvalue weighted by atomic mass is 16.5. The first-order chi connectivity index (χ1) is 11.1.